The highest BCUT2D eigenvalue weighted by Crippen LogP contribution is 2.18. The van der Waals surface area contributed by atoms with Gasteiger partial charge in [-0.3, -0.25) is 11.6 Å². The smallest absolute Gasteiger partial charge is 0.0810 e. The Kier molecular flexibility index (Phi) is 1.17. The van der Waals surface area contributed by atoms with Crippen LogP contribution in [0.1, 0.15) is 0 Å². The highest BCUT2D eigenvalue weighted by molar-refractivity contribution is 5.64. The van der Waals surface area contributed by atoms with Crippen molar-refractivity contribution >= 4 is 0 Å². The Balaban J connectivity index is 2.48. The van der Waals surface area contributed by atoms with E-state index in [-0.39, 0.29) is 0 Å². The van der Waals surface area contributed by atoms with E-state index in [9.17, 15) is 0 Å². The minimum Gasteiger partial charge on any atom is -0.303 e. The first-order valence-electron chi connectivity index (χ1n) is 3.40. The summed E-state index contributed by atoms with van der Waals surface area (Å²) in [4.78, 5) is 0. The first kappa shape index (κ1) is 5.48. The summed E-state index contributed by atoms with van der Waals surface area (Å²) in [6.45, 7) is 0. The van der Waals surface area contributed by atoms with Gasteiger partial charge >= 0.3 is 0 Å². The SMILES string of the molecule is c1c[cH-]c(-[c-]2cccc2)c1. The molecule has 0 heterocycles. The molecule has 0 nitrogen and oxygen atoms in total. The van der Waals surface area contributed by atoms with Crippen LogP contribution in [0.5, 0.6) is 0 Å². The van der Waals surface area contributed by atoms with Crippen molar-refractivity contribution in [3.63, 3.8) is 0 Å². The first-order chi connectivity index (χ1) is 4.97. The largest absolute Gasteiger partial charge is 0.303 e. The van der Waals surface area contributed by atoms with Crippen molar-refractivity contribution in [2.75, 3.05) is 0 Å². The predicted octanol–water partition coefficient (Wildman–Crippen LogP) is 2.79. The molecule has 0 spiro atoms. The molecular formula is C10H8-2. The summed E-state index contributed by atoms with van der Waals surface area (Å²) in [6, 6.07) is 16.7. The number of hydrogen-bond donors (Lipinski definition) is 0. The van der Waals surface area contributed by atoms with E-state index >= 15 is 0 Å². The molecule has 0 saturated heterocycles. The van der Waals surface area contributed by atoms with Crippen molar-refractivity contribution in [2.24, 2.45) is 0 Å². The summed E-state index contributed by atoms with van der Waals surface area (Å²) in [5.41, 5.74) is 2.62. The molecule has 0 fully saturated rings. The van der Waals surface area contributed by atoms with Crippen molar-refractivity contribution in [3.8, 4) is 11.1 Å². The molecule has 0 radical (unpaired) electrons. The second kappa shape index (κ2) is 2.14. The van der Waals surface area contributed by atoms with Crippen LogP contribution in [0, 0.1) is 0 Å². The second-order valence-electron chi connectivity index (χ2n) is 2.35. The maximum Gasteiger partial charge on any atom is -0.0810 e. The van der Waals surface area contributed by atoms with Gasteiger partial charge in [-0.25, -0.2) is 12.1 Å². The third-order valence-corrected chi connectivity index (χ3v) is 1.66. The normalized spacial score (nSPS) is 10.0. The zero-order valence-corrected chi connectivity index (χ0v) is 5.62. The van der Waals surface area contributed by atoms with E-state index in [0.29, 0.717) is 0 Å². The topological polar surface area (TPSA) is 0 Å². The lowest BCUT2D eigenvalue weighted by atomic mass is 10.2. The summed E-state index contributed by atoms with van der Waals surface area (Å²) in [7, 11) is 0. The third-order valence-electron chi connectivity index (χ3n) is 1.66. The molecular weight excluding hydrogens is 120 g/mol. The van der Waals surface area contributed by atoms with E-state index in [1.807, 2.05) is 0 Å². The zero-order chi connectivity index (χ0) is 6.81. The van der Waals surface area contributed by atoms with Gasteiger partial charge in [0.1, 0.15) is 0 Å². The van der Waals surface area contributed by atoms with E-state index in [4.69, 9.17) is 0 Å². The Morgan fingerprint density at radius 3 is 2.50 bits per heavy atom. The molecule has 0 N–H and O–H groups in total. The van der Waals surface area contributed by atoms with Crippen LogP contribution in [0.15, 0.2) is 48.5 Å². The molecule has 0 saturated carbocycles. The molecule has 2 aromatic carbocycles. The van der Waals surface area contributed by atoms with E-state index in [0.717, 1.165) is 0 Å². The van der Waals surface area contributed by atoms with Crippen LogP contribution < -0.4 is 0 Å². The van der Waals surface area contributed by atoms with Gasteiger partial charge in [0.05, 0.1) is 0 Å². The van der Waals surface area contributed by atoms with E-state index < -0.39 is 0 Å². The molecule has 0 aliphatic heterocycles. The minimum atomic E-state index is 1.31. The van der Waals surface area contributed by atoms with E-state index in [1.165, 1.54) is 11.1 Å². The monoisotopic (exact) mass is 128 g/mol. The summed E-state index contributed by atoms with van der Waals surface area (Å²) >= 11 is 0. The molecule has 0 aliphatic carbocycles. The molecule has 0 atom stereocenters. The maximum atomic E-state index is 2.12. The lowest BCUT2D eigenvalue weighted by Crippen LogP contribution is -1.61. The fourth-order valence-electron chi connectivity index (χ4n) is 1.13. The molecule has 0 heteroatoms. The molecule has 0 unspecified atom stereocenters. The van der Waals surface area contributed by atoms with Gasteiger partial charge in [-0.1, -0.05) is 12.1 Å². The molecule has 0 amide bonds. The Hall–Kier alpha value is -1.30. The van der Waals surface area contributed by atoms with Crippen LogP contribution >= 0.6 is 0 Å². The Bertz CT molecular complexity index is 239. The van der Waals surface area contributed by atoms with Crippen molar-refractivity contribution in [1.82, 2.24) is 0 Å². The fraction of sp³-hybridized carbons (Fsp3) is 0. The van der Waals surface area contributed by atoms with Gasteiger partial charge in [0.15, 0.2) is 0 Å². The highest BCUT2D eigenvalue weighted by atomic mass is 14.0. The quantitative estimate of drug-likeness (QED) is 0.518. The standard InChI is InChI=1S/C10H8/c1-2-6-9(5-1)10-7-3-4-8-10/h1-8H/q-2. The van der Waals surface area contributed by atoms with Gasteiger partial charge in [0.25, 0.3) is 0 Å². The second-order valence-corrected chi connectivity index (χ2v) is 2.35. The Morgan fingerprint density at radius 1 is 1.10 bits per heavy atom. The minimum absolute atomic E-state index is 1.31. The van der Waals surface area contributed by atoms with Gasteiger partial charge in [-0.2, -0.15) is 5.56 Å². The lowest BCUT2D eigenvalue weighted by Gasteiger charge is -2.06. The summed E-state index contributed by atoms with van der Waals surface area (Å²) in [5.74, 6) is 0. The van der Waals surface area contributed by atoms with E-state index in [2.05, 4.69) is 48.5 Å². The zero-order valence-electron chi connectivity index (χ0n) is 5.62. The average Bonchev–Trinajstić information content (AvgIpc) is 2.59. The molecule has 50 valence electrons. The Labute approximate surface area is 60.5 Å². The van der Waals surface area contributed by atoms with Crippen LogP contribution in [0.25, 0.3) is 11.1 Å². The van der Waals surface area contributed by atoms with Crippen molar-refractivity contribution in [1.29, 1.82) is 0 Å². The molecule has 2 aromatic rings. The molecule has 2 rings (SSSR count). The molecule has 10 heavy (non-hydrogen) atoms. The van der Waals surface area contributed by atoms with E-state index in [1.54, 1.807) is 0 Å². The maximum absolute atomic E-state index is 2.12. The lowest BCUT2D eigenvalue weighted by molar-refractivity contribution is 1.83. The summed E-state index contributed by atoms with van der Waals surface area (Å²) in [6.07, 6.45) is 0. The third kappa shape index (κ3) is 0.781. The van der Waals surface area contributed by atoms with Crippen LogP contribution in [0.3, 0.4) is 0 Å². The van der Waals surface area contributed by atoms with Crippen LogP contribution in [0.4, 0.5) is 0 Å². The number of hydrogen-bond acceptors (Lipinski definition) is 0. The van der Waals surface area contributed by atoms with Crippen molar-refractivity contribution in [2.45, 2.75) is 0 Å². The van der Waals surface area contributed by atoms with Crippen LogP contribution in [0.2, 0.25) is 0 Å². The van der Waals surface area contributed by atoms with Crippen LogP contribution in [-0.4, -0.2) is 0 Å². The highest BCUT2D eigenvalue weighted by Gasteiger charge is 1.77. The van der Waals surface area contributed by atoms with Gasteiger partial charge in [0, 0.05) is 0 Å². The van der Waals surface area contributed by atoms with Gasteiger partial charge in [0.2, 0.25) is 0 Å². The molecule has 0 bridgehead atoms. The Morgan fingerprint density at radius 2 is 1.90 bits per heavy atom. The van der Waals surface area contributed by atoms with Gasteiger partial charge in [-0.15, -0.1) is 12.1 Å². The van der Waals surface area contributed by atoms with Crippen molar-refractivity contribution < 1.29 is 0 Å². The van der Waals surface area contributed by atoms with Crippen molar-refractivity contribution in [3.05, 3.63) is 48.5 Å². The van der Waals surface area contributed by atoms with Crippen LogP contribution in [-0.2, 0) is 0 Å². The van der Waals surface area contributed by atoms with Gasteiger partial charge < -0.3 is 6.07 Å². The summed E-state index contributed by atoms with van der Waals surface area (Å²) in [5, 5.41) is 0. The molecule has 0 aliphatic rings. The van der Waals surface area contributed by atoms with Gasteiger partial charge in [-0.05, 0) is 0 Å². The number of rotatable bonds is 1. The average molecular weight is 128 g/mol. The summed E-state index contributed by atoms with van der Waals surface area (Å²) < 4.78 is 0. The fourth-order valence-corrected chi connectivity index (χ4v) is 1.13. The predicted molar refractivity (Wildman–Crippen MR) is 43.1 cm³/mol. The molecule has 0 aromatic heterocycles. The first-order valence-corrected chi connectivity index (χ1v) is 3.40.